The molecule has 3 aromatic rings. The molecule has 7 nitrogen and oxygen atoms in total. The third kappa shape index (κ3) is 6.52. The molecule has 0 spiro atoms. The van der Waals surface area contributed by atoms with Gasteiger partial charge < -0.3 is 14.8 Å². The van der Waals surface area contributed by atoms with Crippen molar-refractivity contribution in [2.75, 3.05) is 44.7 Å². The summed E-state index contributed by atoms with van der Waals surface area (Å²) in [7, 11) is 0. The maximum absolute atomic E-state index is 6.37. The van der Waals surface area contributed by atoms with Crippen LogP contribution in [0.1, 0.15) is 37.7 Å². The Labute approximate surface area is 225 Å². The number of likely N-dealkylation sites (tertiary alicyclic amines) is 1. The summed E-state index contributed by atoms with van der Waals surface area (Å²) in [4.78, 5) is 14.3. The summed E-state index contributed by atoms with van der Waals surface area (Å²) in [6.07, 6.45) is 12.3. The number of nitrogens with one attached hydrogen (secondary N) is 1. The summed E-state index contributed by atoms with van der Waals surface area (Å²) >= 11 is 0. The molecule has 3 heterocycles. The lowest BCUT2D eigenvalue weighted by atomic mass is 10.1. The molecule has 1 saturated heterocycles. The van der Waals surface area contributed by atoms with E-state index in [-0.39, 0.29) is 0 Å². The largest absolute Gasteiger partial charge is 0.493 e. The predicted molar refractivity (Wildman–Crippen MR) is 151 cm³/mol. The zero-order valence-electron chi connectivity index (χ0n) is 22.0. The molecule has 1 aliphatic carbocycles. The molecule has 2 aromatic carbocycles. The molecule has 38 heavy (non-hydrogen) atoms. The van der Waals surface area contributed by atoms with Crippen molar-refractivity contribution >= 4 is 11.6 Å². The van der Waals surface area contributed by atoms with Gasteiger partial charge in [0.1, 0.15) is 18.1 Å². The molecule has 198 valence electrons. The second-order valence-electron chi connectivity index (χ2n) is 10.4. The van der Waals surface area contributed by atoms with E-state index >= 15 is 0 Å². The smallest absolute Gasteiger partial charge is 0.227 e. The molecule has 2 fully saturated rings. The van der Waals surface area contributed by atoms with E-state index in [9.17, 15) is 0 Å². The lowest BCUT2D eigenvalue weighted by Gasteiger charge is -2.23. The van der Waals surface area contributed by atoms with Gasteiger partial charge in [-0.3, -0.25) is 9.80 Å². The number of benzene rings is 2. The van der Waals surface area contributed by atoms with Crippen LogP contribution in [0.2, 0.25) is 0 Å². The molecule has 3 aliphatic rings. The average Bonchev–Trinajstić information content (AvgIpc) is 3.66. The maximum Gasteiger partial charge on any atom is 0.227 e. The number of aromatic nitrogens is 2. The van der Waals surface area contributed by atoms with Gasteiger partial charge in [0, 0.05) is 48.7 Å². The van der Waals surface area contributed by atoms with Crippen molar-refractivity contribution in [2.24, 2.45) is 0 Å². The fourth-order valence-corrected chi connectivity index (χ4v) is 5.24. The van der Waals surface area contributed by atoms with Crippen LogP contribution in [0.25, 0.3) is 11.3 Å². The number of hydrogen-bond donors (Lipinski definition) is 1. The van der Waals surface area contributed by atoms with Gasteiger partial charge in [0.05, 0.1) is 12.3 Å². The first kappa shape index (κ1) is 24.9. The van der Waals surface area contributed by atoms with Gasteiger partial charge in [-0.25, -0.2) is 9.97 Å². The first-order chi connectivity index (χ1) is 18.8. The number of nitrogens with zero attached hydrogens (tertiary/aromatic N) is 4. The molecule has 0 atom stereocenters. The fraction of sp³-hybridized carbons (Fsp3) is 0.419. The van der Waals surface area contributed by atoms with Crippen molar-refractivity contribution in [3.63, 3.8) is 0 Å². The van der Waals surface area contributed by atoms with E-state index in [0.29, 0.717) is 25.2 Å². The van der Waals surface area contributed by atoms with E-state index < -0.39 is 0 Å². The van der Waals surface area contributed by atoms with E-state index in [1.807, 2.05) is 24.3 Å². The summed E-state index contributed by atoms with van der Waals surface area (Å²) in [5.41, 5.74) is 4.03. The summed E-state index contributed by atoms with van der Waals surface area (Å²) in [6, 6.07) is 17.0. The minimum atomic E-state index is 0.575. The standard InChI is InChI=1S/C31H37N5O2/c1-2-17-36(27-10-11-27)23-25-21-26(9-12-30(25)38-20-18-35-15-3-4-16-35)33-31-32-14-13-29(34-31)24-7-6-8-28(22-24)37-19-5-1/h1-2,6-9,12-14,21-22,27H,3-5,10-11,15-20,23H2,(H,32,33,34)/b2-1+. The molecule has 6 rings (SSSR count). The second-order valence-corrected chi connectivity index (χ2v) is 10.4. The molecule has 1 aromatic heterocycles. The molecule has 6 bridgehead atoms. The van der Waals surface area contributed by atoms with Gasteiger partial charge in [0.25, 0.3) is 0 Å². The molecule has 0 radical (unpaired) electrons. The minimum Gasteiger partial charge on any atom is -0.493 e. The summed E-state index contributed by atoms with van der Waals surface area (Å²) in [5, 5.41) is 3.43. The molecular weight excluding hydrogens is 474 g/mol. The molecule has 0 unspecified atom stereocenters. The first-order valence-electron chi connectivity index (χ1n) is 14.0. The number of rotatable bonds is 5. The van der Waals surface area contributed by atoms with E-state index in [1.54, 1.807) is 6.20 Å². The minimum absolute atomic E-state index is 0.575. The highest BCUT2D eigenvalue weighted by molar-refractivity contribution is 5.64. The van der Waals surface area contributed by atoms with Crippen LogP contribution in [0.4, 0.5) is 11.6 Å². The Morgan fingerprint density at radius 2 is 1.95 bits per heavy atom. The number of ether oxygens (including phenoxy) is 2. The number of fused-ring (bicyclic) bond motifs is 7. The van der Waals surface area contributed by atoms with Crippen molar-refractivity contribution in [2.45, 2.75) is 44.7 Å². The number of anilines is 2. The van der Waals surface area contributed by atoms with Crippen LogP contribution in [-0.2, 0) is 6.54 Å². The third-order valence-corrected chi connectivity index (χ3v) is 7.46. The normalized spacial score (nSPS) is 19.6. The first-order valence-corrected chi connectivity index (χ1v) is 14.0. The topological polar surface area (TPSA) is 62.8 Å². The zero-order chi connectivity index (χ0) is 25.6. The SMILES string of the molecule is C1=C/CN(C2CC2)Cc2cc(ccc2OCCN2CCCC2)Nc2nccc(n2)-c2cccc(c2)OCC/1. The van der Waals surface area contributed by atoms with Crippen LogP contribution in [0, 0.1) is 0 Å². The van der Waals surface area contributed by atoms with Crippen molar-refractivity contribution in [1.29, 1.82) is 0 Å². The Morgan fingerprint density at radius 1 is 1.03 bits per heavy atom. The van der Waals surface area contributed by atoms with Gasteiger partial charge in [-0.05, 0) is 81.6 Å². The highest BCUT2D eigenvalue weighted by Crippen LogP contribution is 2.32. The van der Waals surface area contributed by atoms with Crippen LogP contribution >= 0.6 is 0 Å². The highest BCUT2D eigenvalue weighted by atomic mass is 16.5. The van der Waals surface area contributed by atoms with Crippen molar-refractivity contribution in [3.05, 3.63) is 72.4 Å². The van der Waals surface area contributed by atoms with Gasteiger partial charge in [-0.1, -0.05) is 24.3 Å². The van der Waals surface area contributed by atoms with Crippen molar-refractivity contribution in [1.82, 2.24) is 19.8 Å². The zero-order valence-corrected chi connectivity index (χ0v) is 22.0. The monoisotopic (exact) mass is 511 g/mol. The summed E-state index contributed by atoms with van der Waals surface area (Å²) in [6.45, 7) is 6.51. The predicted octanol–water partition coefficient (Wildman–Crippen LogP) is 5.66. The van der Waals surface area contributed by atoms with Gasteiger partial charge in [0.15, 0.2) is 0 Å². The quantitative estimate of drug-likeness (QED) is 0.443. The van der Waals surface area contributed by atoms with Crippen LogP contribution < -0.4 is 14.8 Å². The summed E-state index contributed by atoms with van der Waals surface area (Å²) in [5.74, 6) is 2.40. The molecule has 1 saturated carbocycles. The Kier molecular flexibility index (Phi) is 7.84. The van der Waals surface area contributed by atoms with Crippen LogP contribution in [-0.4, -0.2) is 65.2 Å². The fourth-order valence-electron chi connectivity index (χ4n) is 5.24. The lowest BCUT2D eigenvalue weighted by Crippen LogP contribution is -2.27. The van der Waals surface area contributed by atoms with E-state index in [0.717, 1.165) is 54.5 Å². The number of hydrogen-bond acceptors (Lipinski definition) is 7. The van der Waals surface area contributed by atoms with Crippen molar-refractivity contribution in [3.8, 4) is 22.8 Å². The van der Waals surface area contributed by atoms with Gasteiger partial charge in [-0.15, -0.1) is 0 Å². The van der Waals surface area contributed by atoms with Crippen LogP contribution in [0.5, 0.6) is 11.5 Å². The van der Waals surface area contributed by atoms with Gasteiger partial charge in [0.2, 0.25) is 5.95 Å². The molecule has 1 N–H and O–H groups in total. The Balaban J connectivity index is 1.28. The third-order valence-electron chi connectivity index (χ3n) is 7.46. The molecule has 7 heteroatoms. The Bertz CT molecular complexity index is 1250. The van der Waals surface area contributed by atoms with E-state index in [2.05, 4.69) is 56.5 Å². The van der Waals surface area contributed by atoms with E-state index in [4.69, 9.17) is 14.5 Å². The average molecular weight is 512 g/mol. The second kappa shape index (κ2) is 12.0. The highest BCUT2D eigenvalue weighted by Gasteiger charge is 2.29. The summed E-state index contributed by atoms with van der Waals surface area (Å²) < 4.78 is 12.4. The van der Waals surface area contributed by atoms with Crippen LogP contribution in [0.15, 0.2) is 66.9 Å². The van der Waals surface area contributed by atoms with E-state index in [1.165, 1.54) is 44.3 Å². The molecular formula is C31H37N5O2. The Morgan fingerprint density at radius 3 is 2.84 bits per heavy atom. The van der Waals surface area contributed by atoms with Crippen molar-refractivity contribution < 1.29 is 9.47 Å². The lowest BCUT2D eigenvalue weighted by molar-refractivity contribution is 0.230. The molecule has 0 amide bonds. The van der Waals surface area contributed by atoms with Crippen LogP contribution in [0.3, 0.4) is 0 Å². The maximum atomic E-state index is 6.37. The van der Waals surface area contributed by atoms with Gasteiger partial charge in [-0.2, -0.15) is 0 Å². The van der Waals surface area contributed by atoms with Gasteiger partial charge >= 0.3 is 0 Å². The Hall–Kier alpha value is -3.42. The molecule has 2 aliphatic heterocycles.